The molecule has 0 saturated heterocycles. The molecular weight excluding hydrogens is 398 g/mol. The summed E-state index contributed by atoms with van der Waals surface area (Å²) >= 11 is 1.41. The van der Waals surface area contributed by atoms with Gasteiger partial charge < -0.3 is 15.0 Å². The topological polar surface area (TPSA) is 84.2 Å². The number of anilines is 1. The average molecular weight is 417 g/mol. The number of carbonyl (C=O) groups excluding carboxylic acids is 1. The van der Waals surface area contributed by atoms with Crippen molar-refractivity contribution >= 4 is 40.4 Å². The molecule has 2 N–H and O–H groups in total. The van der Waals surface area contributed by atoms with Crippen LogP contribution in [0.25, 0.3) is 11.0 Å². The van der Waals surface area contributed by atoms with E-state index in [1.807, 2.05) is 65.2 Å². The lowest BCUT2D eigenvalue weighted by Gasteiger charge is -2.10. The summed E-state index contributed by atoms with van der Waals surface area (Å²) in [5.41, 5.74) is 3.36. The van der Waals surface area contributed by atoms with E-state index in [0.29, 0.717) is 16.5 Å². The highest BCUT2D eigenvalue weighted by Gasteiger charge is 2.16. The standard InChI is InChI=1S/C23H19N3O3S/c27-21(24-17-9-2-1-3-10-17)14-26-20-13-7-6-12-19(20)25-23(26)30-15-16-8-4-5-11-18(16)22(28)29/h1-13H,14-15H2,(H,24,27)(H,28,29). The summed E-state index contributed by atoms with van der Waals surface area (Å²) in [6.07, 6.45) is 0. The van der Waals surface area contributed by atoms with Crippen molar-refractivity contribution < 1.29 is 14.7 Å². The molecule has 6 nitrogen and oxygen atoms in total. The lowest BCUT2D eigenvalue weighted by Crippen LogP contribution is -2.19. The van der Waals surface area contributed by atoms with Gasteiger partial charge in [-0.1, -0.05) is 60.3 Å². The minimum absolute atomic E-state index is 0.109. The van der Waals surface area contributed by atoms with Gasteiger partial charge >= 0.3 is 5.97 Å². The lowest BCUT2D eigenvalue weighted by molar-refractivity contribution is -0.116. The van der Waals surface area contributed by atoms with E-state index in [4.69, 9.17) is 0 Å². The summed E-state index contributed by atoms with van der Waals surface area (Å²) in [7, 11) is 0. The van der Waals surface area contributed by atoms with E-state index in [-0.39, 0.29) is 18.0 Å². The second-order valence-electron chi connectivity index (χ2n) is 6.63. The van der Waals surface area contributed by atoms with Crippen LogP contribution >= 0.6 is 11.8 Å². The van der Waals surface area contributed by atoms with Crippen LogP contribution in [-0.4, -0.2) is 26.5 Å². The predicted molar refractivity (Wildman–Crippen MR) is 118 cm³/mol. The third kappa shape index (κ3) is 4.36. The Labute approximate surface area is 177 Å². The molecular formula is C23H19N3O3S. The molecule has 4 rings (SSSR count). The maximum absolute atomic E-state index is 12.6. The Morgan fingerprint density at radius 2 is 1.63 bits per heavy atom. The van der Waals surface area contributed by atoms with Crippen molar-refractivity contribution in [2.75, 3.05) is 5.32 Å². The van der Waals surface area contributed by atoms with Crippen LogP contribution < -0.4 is 5.32 Å². The van der Waals surface area contributed by atoms with Crippen LogP contribution in [0, 0.1) is 0 Å². The number of carbonyl (C=O) groups is 2. The fourth-order valence-corrected chi connectivity index (χ4v) is 4.20. The Bertz CT molecular complexity index is 1200. The fraction of sp³-hybridized carbons (Fsp3) is 0.0870. The highest BCUT2D eigenvalue weighted by Crippen LogP contribution is 2.28. The Kier molecular flexibility index (Phi) is 5.81. The number of benzene rings is 3. The van der Waals surface area contributed by atoms with Crippen LogP contribution in [0.4, 0.5) is 5.69 Å². The molecule has 30 heavy (non-hydrogen) atoms. The maximum atomic E-state index is 12.6. The van der Waals surface area contributed by atoms with E-state index in [2.05, 4.69) is 10.3 Å². The number of aromatic nitrogens is 2. The first-order valence-corrected chi connectivity index (χ1v) is 10.3. The molecule has 1 aromatic heterocycles. The molecule has 0 radical (unpaired) electrons. The van der Waals surface area contributed by atoms with E-state index < -0.39 is 5.97 Å². The third-order valence-corrected chi connectivity index (χ3v) is 5.61. The molecule has 4 aromatic rings. The maximum Gasteiger partial charge on any atom is 0.335 e. The molecule has 1 amide bonds. The molecule has 0 aliphatic heterocycles. The molecule has 0 bridgehead atoms. The van der Waals surface area contributed by atoms with Gasteiger partial charge in [-0.15, -0.1) is 0 Å². The number of hydrogen-bond donors (Lipinski definition) is 2. The predicted octanol–water partition coefficient (Wildman–Crippen LogP) is 4.67. The van der Waals surface area contributed by atoms with Gasteiger partial charge in [-0.3, -0.25) is 4.79 Å². The molecule has 7 heteroatoms. The molecule has 0 aliphatic rings. The number of thioether (sulfide) groups is 1. The SMILES string of the molecule is O=C(Cn1c(SCc2ccccc2C(=O)O)nc2ccccc21)Nc1ccccc1. The van der Waals surface area contributed by atoms with E-state index in [1.165, 1.54) is 11.8 Å². The van der Waals surface area contributed by atoms with Crippen LogP contribution in [0.1, 0.15) is 15.9 Å². The third-order valence-electron chi connectivity index (χ3n) is 4.58. The number of rotatable bonds is 7. The highest BCUT2D eigenvalue weighted by atomic mass is 32.2. The van der Waals surface area contributed by atoms with Gasteiger partial charge in [0.1, 0.15) is 6.54 Å². The van der Waals surface area contributed by atoms with Crippen LogP contribution in [-0.2, 0) is 17.1 Å². The van der Waals surface area contributed by atoms with Crippen LogP contribution in [0.2, 0.25) is 0 Å². The van der Waals surface area contributed by atoms with Crippen LogP contribution in [0.3, 0.4) is 0 Å². The largest absolute Gasteiger partial charge is 0.478 e. The zero-order valence-corrected chi connectivity index (χ0v) is 16.8. The second kappa shape index (κ2) is 8.84. The summed E-state index contributed by atoms with van der Waals surface area (Å²) in [5, 5.41) is 13.0. The second-order valence-corrected chi connectivity index (χ2v) is 7.58. The Hall–Kier alpha value is -3.58. The van der Waals surface area contributed by atoms with Crippen molar-refractivity contribution in [3.8, 4) is 0 Å². The van der Waals surface area contributed by atoms with Crippen molar-refractivity contribution in [3.63, 3.8) is 0 Å². The molecule has 3 aromatic carbocycles. The molecule has 0 unspecified atom stereocenters. The summed E-state index contributed by atoms with van der Waals surface area (Å²) in [6, 6.07) is 23.8. The van der Waals surface area contributed by atoms with Gasteiger partial charge in [-0.05, 0) is 35.9 Å². The minimum atomic E-state index is -0.957. The molecule has 150 valence electrons. The molecule has 0 spiro atoms. The van der Waals surface area contributed by atoms with Crippen molar-refractivity contribution in [1.82, 2.24) is 9.55 Å². The quantitative estimate of drug-likeness (QED) is 0.427. The molecule has 0 saturated carbocycles. The smallest absolute Gasteiger partial charge is 0.335 e. The fourth-order valence-electron chi connectivity index (χ4n) is 3.18. The molecule has 0 fully saturated rings. The van der Waals surface area contributed by atoms with Gasteiger partial charge in [0.2, 0.25) is 5.91 Å². The number of fused-ring (bicyclic) bond motifs is 1. The minimum Gasteiger partial charge on any atom is -0.478 e. The molecule has 0 atom stereocenters. The van der Waals surface area contributed by atoms with Crippen molar-refractivity contribution in [2.24, 2.45) is 0 Å². The number of imidazole rings is 1. The van der Waals surface area contributed by atoms with E-state index in [0.717, 1.165) is 16.7 Å². The van der Waals surface area contributed by atoms with Crippen LogP contribution in [0.15, 0.2) is 84.0 Å². The summed E-state index contributed by atoms with van der Waals surface area (Å²) < 4.78 is 1.86. The molecule has 1 heterocycles. The lowest BCUT2D eigenvalue weighted by atomic mass is 10.1. The number of carboxylic acids is 1. The van der Waals surface area contributed by atoms with Gasteiger partial charge in [0.15, 0.2) is 5.16 Å². The summed E-state index contributed by atoms with van der Waals surface area (Å²) in [6.45, 7) is 0.109. The summed E-state index contributed by atoms with van der Waals surface area (Å²) in [5.74, 6) is -0.675. The number of hydrogen-bond acceptors (Lipinski definition) is 4. The monoisotopic (exact) mass is 417 g/mol. The van der Waals surface area contributed by atoms with E-state index >= 15 is 0 Å². The first-order valence-electron chi connectivity index (χ1n) is 9.36. The highest BCUT2D eigenvalue weighted by molar-refractivity contribution is 7.98. The van der Waals surface area contributed by atoms with Gasteiger partial charge in [0.05, 0.1) is 16.6 Å². The number of amides is 1. The van der Waals surface area contributed by atoms with Crippen LogP contribution in [0.5, 0.6) is 0 Å². The number of carboxylic acid groups (broad SMARTS) is 1. The van der Waals surface area contributed by atoms with Crippen molar-refractivity contribution in [3.05, 3.63) is 90.0 Å². The van der Waals surface area contributed by atoms with Gasteiger partial charge in [0.25, 0.3) is 0 Å². The zero-order chi connectivity index (χ0) is 20.9. The first kappa shape index (κ1) is 19.7. The Balaban J connectivity index is 1.59. The normalized spacial score (nSPS) is 10.8. The van der Waals surface area contributed by atoms with Gasteiger partial charge in [-0.25, -0.2) is 9.78 Å². The average Bonchev–Trinajstić information content (AvgIpc) is 3.10. The zero-order valence-electron chi connectivity index (χ0n) is 16.0. The Morgan fingerprint density at radius 1 is 0.933 bits per heavy atom. The summed E-state index contributed by atoms with van der Waals surface area (Å²) in [4.78, 5) is 28.8. The number of aromatic carboxylic acids is 1. The van der Waals surface area contributed by atoms with E-state index in [1.54, 1.807) is 18.2 Å². The van der Waals surface area contributed by atoms with Gasteiger partial charge in [0, 0.05) is 11.4 Å². The van der Waals surface area contributed by atoms with Gasteiger partial charge in [-0.2, -0.15) is 0 Å². The molecule has 0 aliphatic carbocycles. The number of nitrogens with one attached hydrogen (secondary N) is 1. The number of para-hydroxylation sites is 3. The number of nitrogens with zero attached hydrogens (tertiary/aromatic N) is 2. The van der Waals surface area contributed by atoms with E-state index in [9.17, 15) is 14.7 Å². The first-order chi connectivity index (χ1) is 14.6. The Morgan fingerprint density at radius 3 is 2.43 bits per heavy atom. The van der Waals surface area contributed by atoms with Crippen molar-refractivity contribution in [2.45, 2.75) is 17.5 Å². The van der Waals surface area contributed by atoms with Crippen molar-refractivity contribution in [1.29, 1.82) is 0 Å².